The molecule has 5 N–H and O–H groups in total. The largest absolute Gasteiger partial charge is 0.494 e. The third-order valence-electron chi connectivity index (χ3n) is 6.02. The van der Waals surface area contributed by atoms with Crippen molar-refractivity contribution >= 4 is 28.0 Å². The lowest BCUT2D eigenvalue weighted by Gasteiger charge is -2.09. The monoisotopic (exact) mass is 480 g/mol. The van der Waals surface area contributed by atoms with Crippen LogP contribution in [0, 0.1) is 10.1 Å². The molecule has 0 saturated carbocycles. The third kappa shape index (κ3) is 4.59. The summed E-state index contributed by atoms with van der Waals surface area (Å²) in [6, 6.07) is 20.0. The minimum atomic E-state index is -0.454. The molecule has 0 radical (unpaired) electrons. The highest BCUT2D eigenvalue weighted by atomic mass is 16.6. The topological polar surface area (TPSA) is 146 Å². The Kier molecular flexibility index (Phi) is 6.29. The lowest BCUT2D eigenvalue weighted by molar-refractivity contribution is -0.384. The predicted octanol–water partition coefficient (Wildman–Crippen LogP) is 5.23. The molecule has 0 bridgehead atoms. The van der Waals surface area contributed by atoms with Gasteiger partial charge in [-0.2, -0.15) is 0 Å². The Morgan fingerprint density at radius 2 is 1.86 bits per heavy atom. The lowest BCUT2D eigenvalue weighted by atomic mass is 9.98. The molecule has 180 valence electrons. The molecule has 0 atom stereocenters. The van der Waals surface area contributed by atoms with Crippen molar-refractivity contribution in [3.8, 4) is 17.1 Å². The molecule has 0 aliphatic carbocycles. The molecular formula is C27H24N6O3. The average molecular weight is 481 g/mol. The second kappa shape index (κ2) is 9.85. The second-order valence-corrected chi connectivity index (χ2v) is 8.40. The zero-order valence-corrected chi connectivity index (χ0v) is 19.3. The number of H-pyrrole nitrogens is 2. The zero-order valence-electron chi connectivity index (χ0n) is 19.3. The van der Waals surface area contributed by atoms with E-state index in [2.05, 4.69) is 15.0 Å². The number of non-ortho nitro benzene ring substituents is 1. The quantitative estimate of drug-likeness (QED) is 0.136. The maximum atomic E-state index is 11.4. The summed E-state index contributed by atoms with van der Waals surface area (Å²) < 4.78 is 0. The van der Waals surface area contributed by atoms with E-state index in [0.717, 1.165) is 35.2 Å². The van der Waals surface area contributed by atoms with Crippen LogP contribution in [0.3, 0.4) is 0 Å². The summed E-state index contributed by atoms with van der Waals surface area (Å²) in [5.41, 5.74) is 11.5. The Morgan fingerprint density at radius 3 is 2.53 bits per heavy atom. The van der Waals surface area contributed by atoms with Crippen molar-refractivity contribution in [2.45, 2.75) is 12.8 Å². The number of nitro benzene ring substituents is 1. The van der Waals surface area contributed by atoms with Crippen LogP contribution in [0.5, 0.6) is 5.88 Å². The number of aromatic nitrogens is 3. The molecule has 2 aromatic heterocycles. The first-order valence-electron chi connectivity index (χ1n) is 11.5. The van der Waals surface area contributed by atoms with E-state index in [0.29, 0.717) is 34.4 Å². The van der Waals surface area contributed by atoms with Crippen LogP contribution < -0.4 is 5.73 Å². The van der Waals surface area contributed by atoms with E-state index in [-0.39, 0.29) is 11.6 Å². The number of nitrogens with two attached hydrogens (primary N) is 1. The number of aromatic hydroxyl groups is 1. The van der Waals surface area contributed by atoms with Crippen molar-refractivity contribution < 1.29 is 10.0 Å². The Labute approximate surface area is 206 Å². The number of nitrogens with one attached hydrogen (secondary N) is 2. The Morgan fingerprint density at radius 1 is 1.08 bits per heavy atom. The summed E-state index contributed by atoms with van der Waals surface area (Å²) >= 11 is 0. The van der Waals surface area contributed by atoms with Crippen molar-refractivity contribution in [2.24, 2.45) is 10.7 Å². The van der Waals surface area contributed by atoms with Gasteiger partial charge in [0.2, 0.25) is 0 Å². The van der Waals surface area contributed by atoms with Crippen molar-refractivity contribution in [2.75, 3.05) is 6.54 Å². The van der Waals surface area contributed by atoms with Gasteiger partial charge in [-0.25, -0.2) is 9.98 Å². The molecule has 5 rings (SSSR count). The van der Waals surface area contributed by atoms with Crippen LogP contribution in [0.1, 0.15) is 23.1 Å². The molecule has 0 unspecified atom stereocenters. The number of nitro groups is 1. The minimum Gasteiger partial charge on any atom is -0.494 e. The van der Waals surface area contributed by atoms with Crippen LogP contribution in [0.25, 0.3) is 22.2 Å². The molecule has 9 nitrogen and oxygen atoms in total. The number of imidazole rings is 1. The number of hydrogen-bond acceptors (Lipinski definition) is 6. The molecule has 2 heterocycles. The van der Waals surface area contributed by atoms with E-state index < -0.39 is 4.92 Å². The highest BCUT2D eigenvalue weighted by Gasteiger charge is 2.21. The first-order chi connectivity index (χ1) is 17.5. The van der Waals surface area contributed by atoms with Gasteiger partial charge in [0.05, 0.1) is 40.1 Å². The Hall–Kier alpha value is -4.76. The van der Waals surface area contributed by atoms with E-state index in [1.807, 2.05) is 48.5 Å². The number of aliphatic imine (C=N–C) groups is 1. The van der Waals surface area contributed by atoms with E-state index in [1.54, 1.807) is 18.6 Å². The van der Waals surface area contributed by atoms with Gasteiger partial charge in [0.15, 0.2) is 5.88 Å². The van der Waals surface area contributed by atoms with Gasteiger partial charge in [-0.15, -0.1) is 0 Å². The normalized spacial score (nSPS) is 11.8. The Bertz CT molecular complexity index is 1540. The zero-order chi connectivity index (χ0) is 25.1. The first-order valence-corrected chi connectivity index (χ1v) is 11.5. The van der Waals surface area contributed by atoms with Gasteiger partial charge in [0.1, 0.15) is 0 Å². The summed E-state index contributed by atoms with van der Waals surface area (Å²) in [7, 11) is 0. The maximum absolute atomic E-state index is 11.4. The fourth-order valence-corrected chi connectivity index (χ4v) is 4.18. The van der Waals surface area contributed by atoms with Crippen molar-refractivity contribution in [3.63, 3.8) is 0 Å². The van der Waals surface area contributed by atoms with Crippen LogP contribution >= 0.6 is 0 Å². The fourth-order valence-electron chi connectivity index (χ4n) is 4.18. The number of fused-ring (bicyclic) bond motifs is 1. The van der Waals surface area contributed by atoms with E-state index in [9.17, 15) is 15.2 Å². The van der Waals surface area contributed by atoms with Crippen LogP contribution in [-0.4, -0.2) is 37.2 Å². The van der Waals surface area contributed by atoms with Crippen LogP contribution in [0.2, 0.25) is 0 Å². The van der Waals surface area contributed by atoms with Crippen LogP contribution in [0.4, 0.5) is 11.4 Å². The predicted molar refractivity (Wildman–Crippen MR) is 140 cm³/mol. The van der Waals surface area contributed by atoms with Gasteiger partial charge < -0.3 is 20.8 Å². The molecule has 3 aromatic carbocycles. The highest BCUT2D eigenvalue weighted by Crippen LogP contribution is 2.34. The molecule has 5 aromatic rings. The molecule has 0 amide bonds. The maximum Gasteiger partial charge on any atom is 0.270 e. The van der Waals surface area contributed by atoms with E-state index in [4.69, 9.17) is 10.7 Å². The number of aromatic amines is 2. The number of nitrogens with zero attached hydrogens (tertiary/aromatic N) is 3. The number of hydrogen-bond donors (Lipinski definition) is 4. The van der Waals surface area contributed by atoms with Crippen LogP contribution in [-0.2, 0) is 6.42 Å². The summed E-state index contributed by atoms with van der Waals surface area (Å²) in [5.74, 6) is -0.106. The summed E-state index contributed by atoms with van der Waals surface area (Å²) in [5, 5.41) is 22.8. The van der Waals surface area contributed by atoms with Gasteiger partial charge in [-0.1, -0.05) is 36.4 Å². The molecule has 0 aliphatic heterocycles. The average Bonchev–Trinajstić information content (AvgIpc) is 3.54. The molecule has 0 spiro atoms. The first kappa shape index (κ1) is 23.0. The molecule has 9 heteroatoms. The fraction of sp³-hybridized carbons (Fsp3) is 0.111. The van der Waals surface area contributed by atoms with Gasteiger partial charge in [0.25, 0.3) is 5.69 Å². The molecule has 0 saturated heterocycles. The van der Waals surface area contributed by atoms with Gasteiger partial charge in [-0.3, -0.25) is 10.1 Å². The number of aryl methyl sites for hydroxylation is 1. The lowest BCUT2D eigenvalue weighted by Crippen LogP contribution is -2.04. The highest BCUT2D eigenvalue weighted by molar-refractivity contribution is 6.22. The van der Waals surface area contributed by atoms with E-state index >= 15 is 0 Å². The summed E-state index contributed by atoms with van der Waals surface area (Å²) in [6.45, 7) is 0.616. The van der Waals surface area contributed by atoms with E-state index in [1.165, 1.54) is 12.1 Å². The number of benzene rings is 3. The van der Waals surface area contributed by atoms with Gasteiger partial charge in [-0.05, 0) is 48.7 Å². The summed E-state index contributed by atoms with van der Waals surface area (Å²) in [6.07, 6.45) is 5.11. The summed E-state index contributed by atoms with van der Waals surface area (Å²) in [4.78, 5) is 25.9. The van der Waals surface area contributed by atoms with Gasteiger partial charge >= 0.3 is 0 Å². The van der Waals surface area contributed by atoms with Crippen molar-refractivity contribution in [1.82, 2.24) is 15.0 Å². The van der Waals surface area contributed by atoms with Crippen molar-refractivity contribution in [3.05, 3.63) is 106 Å². The van der Waals surface area contributed by atoms with Crippen LogP contribution in [0.15, 0.2) is 84.2 Å². The number of rotatable bonds is 8. The Balaban J connectivity index is 1.64. The molecular weight excluding hydrogens is 456 g/mol. The standard InChI is InChI=1S/C27H24N6O3/c28-13-1-2-17-3-5-19(6-4-17)26(31-20-9-7-18(8-10-20)24-15-29-16-30-24)25-22-14-21(33(35)36)11-12-23(22)32-27(25)34/h3-12,14-16,32,34H,1-2,13,28H2,(H,29,30). The minimum absolute atomic E-state index is 0.0665. The van der Waals surface area contributed by atoms with Gasteiger partial charge in [0, 0.05) is 28.6 Å². The molecule has 0 aliphatic rings. The second-order valence-electron chi connectivity index (χ2n) is 8.40. The third-order valence-corrected chi connectivity index (χ3v) is 6.02. The SMILES string of the molecule is NCCCc1ccc(C(=Nc2ccc(-c3cnc[nH]3)cc2)c2c(O)[nH]c3ccc([N+](=O)[O-])cc23)cc1. The molecule has 0 fully saturated rings. The molecule has 36 heavy (non-hydrogen) atoms. The smallest absolute Gasteiger partial charge is 0.270 e. The van der Waals surface area contributed by atoms with Crippen molar-refractivity contribution in [1.29, 1.82) is 0 Å².